The summed E-state index contributed by atoms with van der Waals surface area (Å²) in [4.78, 5) is 8.81. The van der Waals surface area contributed by atoms with Gasteiger partial charge in [-0.05, 0) is 55.3 Å². The van der Waals surface area contributed by atoms with Gasteiger partial charge in [0.1, 0.15) is 6.33 Å². The SMILES string of the molecule is CCNCc1ccncc1-n1cnc2cc(C)c(C)cc21. The largest absolute Gasteiger partial charge is 0.313 e. The third-order valence-corrected chi connectivity index (χ3v) is 3.88. The zero-order valence-electron chi connectivity index (χ0n) is 12.7. The highest BCUT2D eigenvalue weighted by molar-refractivity contribution is 5.79. The van der Waals surface area contributed by atoms with E-state index in [1.54, 1.807) is 0 Å². The Morgan fingerprint density at radius 1 is 1.19 bits per heavy atom. The van der Waals surface area contributed by atoms with Gasteiger partial charge in [0.15, 0.2) is 0 Å². The van der Waals surface area contributed by atoms with Crippen molar-refractivity contribution >= 4 is 11.0 Å². The highest BCUT2D eigenvalue weighted by Gasteiger charge is 2.10. The van der Waals surface area contributed by atoms with Crippen molar-refractivity contribution < 1.29 is 0 Å². The van der Waals surface area contributed by atoms with E-state index in [9.17, 15) is 0 Å². The van der Waals surface area contributed by atoms with Crippen LogP contribution in [0.25, 0.3) is 16.7 Å². The minimum Gasteiger partial charge on any atom is -0.313 e. The number of aromatic nitrogens is 3. The molecule has 0 saturated heterocycles. The van der Waals surface area contributed by atoms with Crippen LogP contribution < -0.4 is 5.32 Å². The van der Waals surface area contributed by atoms with Gasteiger partial charge in [-0.15, -0.1) is 0 Å². The summed E-state index contributed by atoms with van der Waals surface area (Å²) < 4.78 is 2.13. The highest BCUT2D eigenvalue weighted by Crippen LogP contribution is 2.23. The lowest BCUT2D eigenvalue weighted by molar-refractivity contribution is 0.722. The van der Waals surface area contributed by atoms with Crippen LogP contribution in [-0.4, -0.2) is 21.1 Å². The molecule has 2 aromatic heterocycles. The summed E-state index contributed by atoms with van der Waals surface area (Å²) in [5.41, 5.74) is 7.02. The highest BCUT2D eigenvalue weighted by atomic mass is 15.1. The van der Waals surface area contributed by atoms with E-state index in [0.717, 1.165) is 29.8 Å². The van der Waals surface area contributed by atoms with Crippen LogP contribution in [0.3, 0.4) is 0 Å². The molecule has 0 bridgehead atoms. The predicted molar refractivity (Wildman–Crippen MR) is 85.7 cm³/mol. The lowest BCUT2D eigenvalue weighted by atomic mass is 10.1. The second-order valence-corrected chi connectivity index (χ2v) is 5.32. The van der Waals surface area contributed by atoms with Gasteiger partial charge in [0.2, 0.25) is 0 Å². The van der Waals surface area contributed by atoms with E-state index < -0.39 is 0 Å². The average Bonchev–Trinajstić information content (AvgIpc) is 2.88. The number of nitrogens with one attached hydrogen (secondary N) is 1. The molecule has 21 heavy (non-hydrogen) atoms. The Morgan fingerprint density at radius 2 is 2.00 bits per heavy atom. The van der Waals surface area contributed by atoms with Gasteiger partial charge in [-0.25, -0.2) is 4.98 Å². The fourth-order valence-electron chi connectivity index (χ4n) is 2.50. The first-order valence-electron chi connectivity index (χ1n) is 7.29. The van der Waals surface area contributed by atoms with Crippen LogP contribution in [0.15, 0.2) is 36.9 Å². The predicted octanol–water partition coefficient (Wildman–Crippen LogP) is 3.15. The van der Waals surface area contributed by atoms with Gasteiger partial charge in [0.05, 0.1) is 22.9 Å². The lowest BCUT2D eigenvalue weighted by Gasteiger charge is -2.11. The molecule has 108 valence electrons. The molecular formula is C17H20N4. The second-order valence-electron chi connectivity index (χ2n) is 5.32. The number of benzene rings is 1. The Kier molecular flexibility index (Phi) is 3.71. The maximum atomic E-state index is 4.53. The maximum Gasteiger partial charge on any atom is 0.100 e. The molecule has 1 N–H and O–H groups in total. The fraction of sp³-hybridized carbons (Fsp3) is 0.294. The average molecular weight is 280 g/mol. The number of pyridine rings is 1. The normalized spacial score (nSPS) is 11.2. The van der Waals surface area contributed by atoms with Crippen LogP contribution in [0.5, 0.6) is 0 Å². The molecule has 0 atom stereocenters. The first-order valence-corrected chi connectivity index (χ1v) is 7.29. The van der Waals surface area contributed by atoms with E-state index >= 15 is 0 Å². The molecule has 0 fully saturated rings. The number of hydrogen-bond acceptors (Lipinski definition) is 3. The van der Waals surface area contributed by atoms with Crippen molar-refractivity contribution in [3.05, 3.63) is 53.6 Å². The molecular weight excluding hydrogens is 260 g/mol. The zero-order valence-corrected chi connectivity index (χ0v) is 12.7. The maximum absolute atomic E-state index is 4.53. The van der Waals surface area contributed by atoms with Crippen LogP contribution in [0.1, 0.15) is 23.6 Å². The van der Waals surface area contributed by atoms with Crippen molar-refractivity contribution in [3.63, 3.8) is 0 Å². The van der Waals surface area contributed by atoms with E-state index in [4.69, 9.17) is 0 Å². The lowest BCUT2D eigenvalue weighted by Crippen LogP contribution is -2.14. The van der Waals surface area contributed by atoms with Crippen LogP contribution in [0.4, 0.5) is 0 Å². The summed E-state index contributed by atoms with van der Waals surface area (Å²) in [7, 11) is 0. The van der Waals surface area contributed by atoms with E-state index in [0.29, 0.717) is 0 Å². The standard InChI is InChI=1S/C17H20N4/c1-4-18-9-14-5-6-19-10-17(14)21-11-20-15-7-12(2)13(3)8-16(15)21/h5-8,10-11,18H,4,9H2,1-3H3. The first-order chi connectivity index (χ1) is 10.2. The molecule has 3 rings (SSSR count). The molecule has 0 unspecified atom stereocenters. The van der Waals surface area contributed by atoms with E-state index in [1.165, 1.54) is 16.7 Å². The van der Waals surface area contributed by atoms with Crippen molar-refractivity contribution in [2.45, 2.75) is 27.3 Å². The monoisotopic (exact) mass is 280 g/mol. The minimum atomic E-state index is 0.832. The number of rotatable bonds is 4. The molecule has 0 radical (unpaired) electrons. The smallest absolute Gasteiger partial charge is 0.100 e. The molecule has 0 aliphatic rings. The molecule has 4 heteroatoms. The van der Waals surface area contributed by atoms with Gasteiger partial charge in [0.25, 0.3) is 0 Å². The topological polar surface area (TPSA) is 42.7 Å². The number of nitrogens with zero attached hydrogens (tertiary/aromatic N) is 3. The number of aryl methyl sites for hydroxylation is 2. The Bertz CT molecular complexity index is 774. The van der Waals surface area contributed by atoms with Crippen molar-refractivity contribution in [1.29, 1.82) is 0 Å². The molecule has 3 aromatic rings. The summed E-state index contributed by atoms with van der Waals surface area (Å²) in [6, 6.07) is 6.40. The fourth-order valence-corrected chi connectivity index (χ4v) is 2.50. The molecule has 4 nitrogen and oxygen atoms in total. The van der Waals surface area contributed by atoms with Gasteiger partial charge in [-0.1, -0.05) is 6.92 Å². The van der Waals surface area contributed by atoms with E-state index in [1.807, 2.05) is 18.7 Å². The molecule has 0 saturated carbocycles. The number of hydrogen-bond donors (Lipinski definition) is 1. The molecule has 1 aromatic carbocycles. The molecule has 2 heterocycles. The first kappa shape index (κ1) is 13.8. The summed E-state index contributed by atoms with van der Waals surface area (Å²) in [6.45, 7) is 8.15. The quantitative estimate of drug-likeness (QED) is 0.798. The van der Waals surface area contributed by atoms with Crippen molar-refractivity contribution in [3.8, 4) is 5.69 Å². The number of fused-ring (bicyclic) bond motifs is 1. The van der Waals surface area contributed by atoms with Crippen LogP contribution in [0.2, 0.25) is 0 Å². The molecule has 0 aliphatic heterocycles. The van der Waals surface area contributed by atoms with E-state index in [2.05, 4.69) is 58.8 Å². The number of imidazole rings is 1. The summed E-state index contributed by atoms with van der Waals surface area (Å²) in [6.07, 6.45) is 5.63. The molecule has 0 amide bonds. The van der Waals surface area contributed by atoms with Crippen molar-refractivity contribution in [1.82, 2.24) is 19.9 Å². The second kappa shape index (κ2) is 5.66. The van der Waals surface area contributed by atoms with Crippen molar-refractivity contribution in [2.24, 2.45) is 0 Å². The van der Waals surface area contributed by atoms with Gasteiger partial charge in [-0.2, -0.15) is 0 Å². The summed E-state index contributed by atoms with van der Waals surface area (Å²) >= 11 is 0. The molecule has 0 aliphatic carbocycles. The van der Waals surface area contributed by atoms with Crippen LogP contribution in [0, 0.1) is 13.8 Å². The Hall–Kier alpha value is -2.20. The Balaban J connectivity index is 2.14. The third kappa shape index (κ3) is 2.54. The summed E-state index contributed by atoms with van der Waals surface area (Å²) in [5.74, 6) is 0. The van der Waals surface area contributed by atoms with Gasteiger partial charge in [0, 0.05) is 12.7 Å². The minimum absolute atomic E-state index is 0.832. The zero-order chi connectivity index (χ0) is 14.8. The van der Waals surface area contributed by atoms with Crippen LogP contribution in [-0.2, 0) is 6.54 Å². The Morgan fingerprint density at radius 3 is 2.81 bits per heavy atom. The summed E-state index contributed by atoms with van der Waals surface area (Å²) in [5, 5.41) is 3.37. The van der Waals surface area contributed by atoms with Crippen LogP contribution >= 0.6 is 0 Å². The Labute approximate surface area is 124 Å². The van der Waals surface area contributed by atoms with Gasteiger partial charge < -0.3 is 5.32 Å². The van der Waals surface area contributed by atoms with Gasteiger partial charge >= 0.3 is 0 Å². The molecule has 0 spiro atoms. The van der Waals surface area contributed by atoms with Crippen molar-refractivity contribution in [2.75, 3.05) is 6.54 Å². The van der Waals surface area contributed by atoms with Gasteiger partial charge in [-0.3, -0.25) is 9.55 Å². The third-order valence-electron chi connectivity index (χ3n) is 3.88. The van der Waals surface area contributed by atoms with E-state index in [-0.39, 0.29) is 0 Å².